The predicted octanol–water partition coefficient (Wildman–Crippen LogP) is 2.44. The highest BCUT2D eigenvalue weighted by Gasteiger charge is 2.21. The van der Waals surface area contributed by atoms with Gasteiger partial charge in [0.2, 0.25) is 0 Å². The third kappa shape index (κ3) is 2.94. The molecular formula is C20H21N5O. The van der Waals surface area contributed by atoms with Crippen molar-refractivity contribution in [2.24, 2.45) is 5.73 Å². The molecular weight excluding hydrogens is 326 g/mol. The van der Waals surface area contributed by atoms with Gasteiger partial charge in [-0.05, 0) is 54.7 Å². The highest BCUT2D eigenvalue weighted by molar-refractivity contribution is 5.98. The maximum Gasteiger partial charge on any atom is 0.252 e. The maximum absolute atomic E-state index is 11.9. The highest BCUT2D eigenvalue weighted by atomic mass is 16.1. The number of aryl methyl sites for hydroxylation is 2. The molecule has 6 heteroatoms. The summed E-state index contributed by atoms with van der Waals surface area (Å²) in [5.74, 6) is 0.695. The normalized spacial score (nSPS) is 13.0. The van der Waals surface area contributed by atoms with Gasteiger partial charge in [0.05, 0.1) is 11.1 Å². The number of rotatable bonds is 4. The first-order valence-corrected chi connectivity index (χ1v) is 8.70. The molecule has 0 saturated carbocycles. The molecule has 3 aromatic rings. The van der Waals surface area contributed by atoms with Crippen LogP contribution in [-0.2, 0) is 19.4 Å². The van der Waals surface area contributed by atoms with Crippen molar-refractivity contribution < 1.29 is 4.79 Å². The molecule has 0 aliphatic heterocycles. The van der Waals surface area contributed by atoms with Gasteiger partial charge in [0.25, 0.3) is 5.91 Å². The average molecular weight is 347 g/mol. The van der Waals surface area contributed by atoms with Gasteiger partial charge in [-0.25, -0.2) is 9.97 Å². The lowest BCUT2D eigenvalue weighted by atomic mass is 10.1. The van der Waals surface area contributed by atoms with Gasteiger partial charge in [-0.2, -0.15) is 0 Å². The van der Waals surface area contributed by atoms with E-state index in [1.54, 1.807) is 6.07 Å². The van der Waals surface area contributed by atoms with E-state index in [-0.39, 0.29) is 0 Å². The van der Waals surface area contributed by atoms with Crippen LogP contribution in [-0.4, -0.2) is 22.9 Å². The summed E-state index contributed by atoms with van der Waals surface area (Å²) in [4.78, 5) is 23.0. The number of anilines is 2. The van der Waals surface area contributed by atoms with Crippen LogP contribution < -0.4 is 16.4 Å². The molecule has 4 N–H and O–H groups in total. The van der Waals surface area contributed by atoms with Crippen molar-refractivity contribution in [3.05, 3.63) is 58.8 Å². The Kier molecular flexibility index (Phi) is 3.95. The lowest BCUT2D eigenvalue weighted by Crippen LogP contribution is -2.24. The molecule has 1 aliphatic carbocycles. The third-order valence-corrected chi connectivity index (χ3v) is 4.86. The molecule has 1 aliphatic rings. The topological polar surface area (TPSA) is 98.1 Å². The van der Waals surface area contributed by atoms with E-state index in [4.69, 9.17) is 16.5 Å². The summed E-state index contributed by atoms with van der Waals surface area (Å²) < 4.78 is 0. The van der Waals surface area contributed by atoms with Gasteiger partial charge in [0.1, 0.15) is 11.6 Å². The number of nitrogens with zero attached hydrogens (tertiary/aromatic N) is 3. The van der Waals surface area contributed by atoms with Crippen LogP contribution in [0.1, 0.15) is 33.6 Å². The Morgan fingerprint density at radius 1 is 1.15 bits per heavy atom. The molecule has 6 nitrogen and oxygen atoms in total. The quantitative estimate of drug-likeness (QED) is 0.755. The summed E-state index contributed by atoms with van der Waals surface area (Å²) in [6.07, 6.45) is 2.99. The molecule has 26 heavy (non-hydrogen) atoms. The molecule has 0 fully saturated rings. The smallest absolute Gasteiger partial charge is 0.252 e. The molecule has 0 atom stereocenters. The van der Waals surface area contributed by atoms with E-state index in [2.05, 4.69) is 4.98 Å². The van der Waals surface area contributed by atoms with Gasteiger partial charge in [0, 0.05) is 24.7 Å². The molecule has 0 radical (unpaired) electrons. The Balaban J connectivity index is 1.68. The van der Waals surface area contributed by atoms with Crippen LogP contribution in [0.15, 0.2) is 36.4 Å². The molecule has 0 bridgehead atoms. The van der Waals surface area contributed by atoms with Crippen LogP contribution in [0, 0.1) is 0 Å². The summed E-state index contributed by atoms with van der Waals surface area (Å²) in [5.41, 5.74) is 16.0. The largest absolute Gasteiger partial charge is 0.384 e. The van der Waals surface area contributed by atoms with Crippen LogP contribution in [0.4, 0.5) is 11.6 Å². The fourth-order valence-electron chi connectivity index (χ4n) is 3.56. The second-order valence-corrected chi connectivity index (χ2v) is 6.80. The summed E-state index contributed by atoms with van der Waals surface area (Å²) in [5, 5.41) is 1.04. The van der Waals surface area contributed by atoms with E-state index in [1.165, 1.54) is 0 Å². The van der Waals surface area contributed by atoms with E-state index >= 15 is 0 Å². The van der Waals surface area contributed by atoms with Crippen molar-refractivity contribution in [2.45, 2.75) is 25.8 Å². The van der Waals surface area contributed by atoms with Crippen LogP contribution in [0.2, 0.25) is 0 Å². The van der Waals surface area contributed by atoms with E-state index in [0.29, 0.717) is 23.7 Å². The highest BCUT2D eigenvalue weighted by Crippen LogP contribution is 2.28. The number of carbonyl (C=O) groups excluding carboxylic acids is 1. The molecule has 1 aromatic carbocycles. The van der Waals surface area contributed by atoms with E-state index in [9.17, 15) is 4.79 Å². The number of nitrogen functional groups attached to an aromatic ring is 1. The van der Waals surface area contributed by atoms with E-state index < -0.39 is 5.91 Å². The van der Waals surface area contributed by atoms with Gasteiger partial charge < -0.3 is 16.4 Å². The molecule has 2 heterocycles. The number of aromatic nitrogens is 2. The number of pyridine rings is 2. The predicted molar refractivity (Wildman–Crippen MR) is 103 cm³/mol. The monoisotopic (exact) mass is 347 g/mol. The number of primary amides is 1. The molecule has 4 rings (SSSR count). The Morgan fingerprint density at radius 3 is 2.77 bits per heavy atom. The number of hydrogen-bond acceptors (Lipinski definition) is 5. The van der Waals surface area contributed by atoms with Gasteiger partial charge in [-0.3, -0.25) is 4.79 Å². The van der Waals surface area contributed by atoms with Crippen LogP contribution in [0.25, 0.3) is 10.9 Å². The number of benzene rings is 1. The Bertz CT molecular complexity index is 1010. The lowest BCUT2D eigenvalue weighted by Gasteiger charge is -2.21. The standard InChI is InChI=1S/C20H21N5O/c1-25(11-12-5-6-13-7-8-18(21)23-17(13)9-12)20-15(19(22)26)10-14-3-2-4-16(14)24-20/h5-10H,2-4,11H2,1H3,(H2,21,23)(H2,22,26). The van der Waals surface area contributed by atoms with Gasteiger partial charge in [0.15, 0.2) is 0 Å². The number of amides is 1. The maximum atomic E-state index is 11.9. The number of fused-ring (bicyclic) bond motifs is 2. The van der Waals surface area contributed by atoms with Crippen LogP contribution in [0.5, 0.6) is 0 Å². The second kappa shape index (κ2) is 6.29. The minimum atomic E-state index is -0.443. The van der Waals surface area contributed by atoms with Crippen LogP contribution >= 0.6 is 0 Å². The Morgan fingerprint density at radius 2 is 1.96 bits per heavy atom. The fraction of sp³-hybridized carbons (Fsp3) is 0.250. The van der Waals surface area contributed by atoms with Gasteiger partial charge >= 0.3 is 0 Å². The molecule has 0 spiro atoms. The van der Waals surface area contributed by atoms with Crippen molar-refractivity contribution in [3.8, 4) is 0 Å². The number of hydrogen-bond donors (Lipinski definition) is 2. The minimum Gasteiger partial charge on any atom is -0.384 e. The van der Waals surface area contributed by atoms with Crippen molar-refractivity contribution in [1.29, 1.82) is 0 Å². The van der Waals surface area contributed by atoms with E-state index in [0.717, 1.165) is 47.0 Å². The second-order valence-electron chi connectivity index (χ2n) is 6.80. The number of nitrogens with two attached hydrogens (primary N) is 2. The lowest BCUT2D eigenvalue weighted by molar-refractivity contribution is 0.100. The fourth-order valence-corrected chi connectivity index (χ4v) is 3.56. The zero-order valence-electron chi connectivity index (χ0n) is 14.7. The SMILES string of the molecule is CN(Cc1ccc2ccc(N)nc2c1)c1nc2c(cc1C(N)=O)CCC2. The van der Waals surface area contributed by atoms with Gasteiger partial charge in [-0.15, -0.1) is 0 Å². The summed E-state index contributed by atoms with van der Waals surface area (Å²) in [6, 6.07) is 11.7. The first-order valence-electron chi connectivity index (χ1n) is 8.70. The zero-order valence-corrected chi connectivity index (χ0v) is 14.7. The first kappa shape index (κ1) is 16.3. The summed E-state index contributed by atoms with van der Waals surface area (Å²) >= 11 is 0. The minimum absolute atomic E-state index is 0.443. The van der Waals surface area contributed by atoms with Crippen molar-refractivity contribution >= 4 is 28.4 Å². The Hall–Kier alpha value is -3.15. The third-order valence-electron chi connectivity index (χ3n) is 4.86. The zero-order chi connectivity index (χ0) is 18.3. The average Bonchev–Trinajstić information content (AvgIpc) is 3.07. The number of carbonyl (C=O) groups is 1. The molecule has 0 saturated heterocycles. The first-order chi connectivity index (χ1) is 12.5. The molecule has 2 aromatic heterocycles. The Labute approximate surface area is 151 Å². The van der Waals surface area contributed by atoms with Crippen molar-refractivity contribution in [3.63, 3.8) is 0 Å². The van der Waals surface area contributed by atoms with Gasteiger partial charge in [-0.1, -0.05) is 12.1 Å². The molecule has 132 valence electrons. The summed E-state index contributed by atoms with van der Waals surface area (Å²) in [7, 11) is 1.92. The van der Waals surface area contributed by atoms with Crippen molar-refractivity contribution in [2.75, 3.05) is 17.7 Å². The van der Waals surface area contributed by atoms with E-state index in [1.807, 2.05) is 42.3 Å². The van der Waals surface area contributed by atoms with Crippen LogP contribution in [0.3, 0.4) is 0 Å². The molecule has 0 unspecified atom stereocenters. The molecule has 1 amide bonds. The van der Waals surface area contributed by atoms with Crippen molar-refractivity contribution in [1.82, 2.24) is 9.97 Å². The summed E-state index contributed by atoms with van der Waals surface area (Å²) in [6.45, 7) is 0.596.